The second-order valence-corrected chi connectivity index (χ2v) is 8.10. The van der Waals surface area contributed by atoms with E-state index in [9.17, 15) is 4.79 Å². The van der Waals surface area contributed by atoms with E-state index in [0.717, 1.165) is 23.8 Å². The van der Waals surface area contributed by atoms with Crippen molar-refractivity contribution in [3.63, 3.8) is 0 Å². The van der Waals surface area contributed by atoms with Crippen LogP contribution < -0.4 is 16.0 Å². The zero-order chi connectivity index (χ0) is 18.2. The van der Waals surface area contributed by atoms with Crippen LogP contribution in [-0.4, -0.2) is 36.5 Å². The largest absolute Gasteiger partial charge is 0.355 e. The van der Waals surface area contributed by atoms with E-state index in [1.54, 1.807) is 7.05 Å². The summed E-state index contributed by atoms with van der Waals surface area (Å²) in [7, 11) is 1.77. The number of carbonyl (C=O) groups excluding carboxylic acids is 1. The molecule has 0 saturated heterocycles. The van der Waals surface area contributed by atoms with Crippen LogP contribution in [0.3, 0.4) is 0 Å². The second kappa shape index (κ2) is 11.6. The summed E-state index contributed by atoms with van der Waals surface area (Å²) in [6.45, 7) is 9.67. The molecule has 0 aliphatic heterocycles. The molecule has 0 heterocycles. The molecule has 1 amide bonds. The van der Waals surface area contributed by atoms with Crippen molar-refractivity contribution in [1.29, 1.82) is 0 Å². The molecule has 0 aliphatic carbocycles. The summed E-state index contributed by atoms with van der Waals surface area (Å²) in [4.78, 5) is 15.9. The van der Waals surface area contributed by atoms with Gasteiger partial charge in [0.15, 0.2) is 5.96 Å². The number of halogens is 1. The van der Waals surface area contributed by atoms with E-state index in [1.807, 2.05) is 49.9 Å². The van der Waals surface area contributed by atoms with Gasteiger partial charge in [0, 0.05) is 36.5 Å². The first kappa shape index (κ1) is 24.0. The molecular weight excluding hydrogens is 447 g/mol. The molecule has 142 valence electrons. The molecule has 0 aromatic heterocycles. The Balaban J connectivity index is 0.00000576. The number of hydrogen-bond acceptors (Lipinski definition) is 3. The molecule has 0 aliphatic rings. The van der Waals surface area contributed by atoms with Crippen LogP contribution in [0.5, 0.6) is 0 Å². The van der Waals surface area contributed by atoms with Crippen LogP contribution in [0.1, 0.15) is 33.3 Å². The quantitative estimate of drug-likeness (QED) is 0.318. The highest BCUT2D eigenvalue weighted by molar-refractivity contribution is 14.0. The van der Waals surface area contributed by atoms with Crippen LogP contribution >= 0.6 is 35.7 Å². The highest BCUT2D eigenvalue weighted by Gasteiger charge is 2.16. The highest BCUT2D eigenvalue weighted by Crippen LogP contribution is 2.19. The number of rotatable bonds is 7. The van der Waals surface area contributed by atoms with E-state index >= 15 is 0 Å². The molecule has 0 saturated carbocycles. The maximum atomic E-state index is 11.7. The van der Waals surface area contributed by atoms with Crippen molar-refractivity contribution >= 4 is 53.3 Å². The topological polar surface area (TPSA) is 65.5 Å². The van der Waals surface area contributed by atoms with Crippen molar-refractivity contribution in [2.24, 2.45) is 10.9 Å². The number of nitrogens with one attached hydrogen (secondary N) is 3. The van der Waals surface area contributed by atoms with Gasteiger partial charge in [0.1, 0.15) is 0 Å². The molecule has 7 heteroatoms. The fourth-order valence-corrected chi connectivity index (χ4v) is 1.98. The molecule has 0 radical (unpaired) electrons. The van der Waals surface area contributed by atoms with Gasteiger partial charge in [0.2, 0.25) is 5.91 Å². The molecule has 0 bridgehead atoms. The lowest BCUT2D eigenvalue weighted by Gasteiger charge is -2.23. The van der Waals surface area contributed by atoms with Gasteiger partial charge in [-0.1, -0.05) is 26.0 Å². The SMILES string of the molecule is CN=C(NCc1ccc(NC(=O)C(C)C)cc1)NCC(C)(C)SC.I. The van der Waals surface area contributed by atoms with Gasteiger partial charge in [-0.05, 0) is 37.8 Å². The minimum absolute atomic E-state index is 0. The van der Waals surface area contributed by atoms with Crippen LogP contribution in [0.15, 0.2) is 29.3 Å². The van der Waals surface area contributed by atoms with E-state index in [2.05, 4.69) is 41.0 Å². The fourth-order valence-electron chi connectivity index (χ4n) is 1.77. The summed E-state index contributed by atoms with van der Waals surface area (Å²) in [5, 5.41) is 9.54. The summed E-state index contributed by atoms with van der Waals surface area (Å²) >= 11 is 1.82. The normalized spacial score (nSPS) is 11.7. The average molecular weight is 478 g/mol. The minimum atomic E-state index is -0.0220. The molecule has 1 aromatic rings. The van der Waals surface area contributed by atoms with Crippen LogP contribution in [0.25, 0.3) is 0 Å². The van der Waals surface area contributed by atoms with Crippen molar-refractivity contribution in [2.45, 2.75) is 39.0 Å². The number of guanidine groups is 1. The maximum Gasteiger partial charge on any atom is 0.226 e. The number of benzene rings is 1. The summed E-state index contributed by atoms with van der Waals surface area (Å²) in [5.74, 6) is 0.794. The van der Waals surface area contributed by atoms with Gasteiger partial charge in [-0.25, -0.2) is 0 Å². The number of nitrogens with zero attached hydrogens (tertiary/aromatic N) is 1. The molecular formula is C18H31IN4OS. The Kier molecular flexibility index (Phi) is 11.2. The molecule has 0 spiro atoms. The average Bonchev–Trinajstić information content (AvgIpc) is 2.56. The minimum Gasteiger partial charge on any atom is -0.355 e. The summed E-state index contributed by atoms with van der Waals surface area (Å²) < 4.78 is 0.161. The first-order valence-corrected chi connectivity index (χ1v) is 9.39. The molecule has 1 rings (SSSR count). The predicted molar refractivity (Wildman–Crippen MR) is 121 cm³/mol. The van der Waals surface area contributed by atoms with Crippen LogP contribution in [0, 0.1) is 5.92 Å². The lowest BCUT2D eigenvalue weighted by molar-refractivity contribution is -0.118. The van der Waals surface area contributed by atoms with Gasteiger partial charge < -0.3 is 16.0 Å². The van der Waals surface area contributed by atoms with Crippen molar-refractivity contribution in [2.75, 3.05) is 25.2 Å². The number of carbonyl (C=O) groups is 1. The number of anilines is 1. The highest BCUT2D eigenvalue weighted by atomic mass is 127. The van der Waals surface area contributed by atoms with Gasteiger partial charge in [-0.2, -0.15) is 11.8 Å². The van der Waals surface area contributed by atoms with E-state index in [-0.39, 0.29) is 40.5 Å². The third-order valence-electron chi connectivity index (χ3n) is 3.66. The van der Waals surface area contributed by atoms with Gasteiger partial charge >= 0.3 is 0 Å². The summed E-state index contributed by atoms with van der Waals surface area (Å²) in [6, 6.07) is 7.85. The van der Waals surface area contributed by atoms with Crippen LogP contribution in [-0.2, 0) is 11.3 Å². The molecule has 3 N–H and O–H groups in total. The van der Waals surface area contributed by atoms with E-state index in [0.29, 0.717) is 6.54 Å². The number of aliphatic imine (C=N–C) groups is 1. The molecule has 25 heavy (non-hydrogen) atoms. The Morgan fingerprint density at radius 2 is 1.80 bits per heavy atom. The van der Waals surface area contributed by atoms with E-state index < -0.39 is 0 Å². The Morgan fingerprint density at radius 3 is 2.28 bits per heavy atom. The molecule has 5 nitrogen and oxygen atoms in total. The monoisotopic (exact) mass is 478 g/mol. The number of hydrogen-bond donors (Lipinski definition) is 3. The van der Waals surface area contributed by atoms with Crippen molar-refractivity contribution in [3.05, 3.63) is 29.8 Å². The lowest BCUT2D eigenvalue weighted by atomic mass is 10.1. The Bertz CT molecular complexity index is 559. The Labute approximate surface area is 173 Å². The Morgan fingerprint density at radius 1 is 1.20 bits per heavy atom. The van der Waals surface area contributed by atoms with Gasteiger partial charge in [0.05, 0.1) is 0 Å². The van der Waals surface area contributed by atoms with E-state index in [4.69, 9.17) is 0 Å². The Hall–Kier alpha value is -0.960. The fraction of sp³-hybridized carbons (Fsp3) is 0.556. The third-order valence-corrected chi connectivity index (χ3v) is 4.91. The lowest BCUT2D eigenvalue weighted by Crippen LogP contribution is -2.42. The first-order valence-electron chi connectivity index (χ1n) is 8.17. The number of amides is 1. The molecule has 1 aromatic carbocycles. The summed E-state index contributed by atoms with van der Waals surface area (Å²) in [5.41, 5.74) is 1.95. The van der Waals surface area contributed by atoms with Crippen LogP contribution in [0.2, 0.25) is 0 Å². The smallest absolute Gasteiger partial charge is 0.226 e. The third kappa shape index (κ3) is 9.34. The zero-order valence-electron chi connectivity index (χ0n) is 16.0. The van der Waals surface area contributed by atoms with Gasteiger partial charge in [-0.15, -0.1) is 24.0 Å². The summed E-state index contributed by atoms with van der Waals surface area (Å²) in [6.07, 6.45) is 2.11. The molecule has 0 atom stereocenters. The van der Waals surface area contributed by atoms with Crippen LogP contribution in [0.4, 0.5) is 5.69 Å². The van der Waals surface area contributed by atoms with Crippen molar-refractivity contribution in [3.8, 4) is 0 Å². The zero-order valence-corrected chi connectivity index (χ0v) is 19.1. The van der Waals surface area contributed by atoms with E-state index in [1.165, 1.54) is 0 Å². The van der Waals surface area contributed by atoms with Crippen molar-refractivity contribution < 1.29 is 4.79 Å². The van der Waals surface area contributed by atoms with Gasteiger partial charge in [0.25, 0.3) is 0 Å². The predicted octanol–water partition coefficient (Wildman–Crippen LogP) is 3.71. The maximum absolute atomic E-state index is 11.7. The van der Waals surface area contributed by atoms with Gasteiger partial charge in [-0.3, -0.25) is 9.79 Å². The molecule has 0 unspecified atom stereocenters. The van der Waals surface area contributed by atoms with Crippen molar-refractivity contribution in [1.82, 2.24) is 10.6 Å². The second-order valence-electron chi connectivity index (χ2n) is 6.58. The molecule has 0 fully saturated rings. The standard InChI is InChI=1S/C18H30N4OS.HI/c1-13(2)16(23)22-15-9-7-14(8-10-15)11-20-17(19-5)21-12-18(3,4)24-6;/h7-10,13H,11-12H2,1-6H3,(H,22,23)(H2,19,20,21);1H. The number of thioether (sulfide) groups is 1. The first-order chi connectivity index (χ1) is 11.3.